The van der Waals surface area contributed by atoms with E-state index in [9.17, 15) is 0 Å². The number of aromatic nitrogens is 2. The van der Waals surface area contributed by atoms with Crippen molar-refractivity contribution >= 4 is 10.9 Å². The summed E-state index contributed by atoms with van der Waals surface area (Å²) >= 11 is 0. The Balaban J connectivity index is 2.59. The van der Waals surface area contributed by atoms with Gasteiger partial charge in [0.2, 0.25) is 0 Å². The highest BCUT2D eigenvalue weighted by Crippen LogP contribution is 2.22. The topological polar surface area (TPSA) is 29.9 Å². The summed E-state index contributed by atoms with van der Waals surface area (Å²) in [5.41, 5.74) is 2.39. The molecule has 1 heterocycles. The summed E-state index contributed by atoms with van der Waals surface area (Å²) in [4.78, 5) is 0. The van der Waals surface area contributed by atoms with Crippen molar-refractivity contribution in [2.45, 2.75) is 26.4 Å². The van der Waals surface area contributed by atoms with Crippen LogP contribution in [0.2, 0.25) is 0 Å². The second-order valence-electron chi connectivity index (χ2n) is 3.78. The number of nitrogens with zero attached hydrogens (tertiary/aromatic N) is 2. The van der Waals surface area contributed by atoms with Gasteiger partial charge in [0.05, 0.1) is 5.52 Å². The lowest BCUT2D eigenvalue weighted by molar-refractivity contribution is 0.655. The second kappa shape index (κ2) is 4.03. The zero-order chi connectivity index (χ0) is 10.8. The molecular weight excluding hydrogens is 186 g/mol. The summed E-state index contributed by atoms with van der Waals surface area (Å²) in [5, 5.41) is 9.01. The Hall–Kier alpha value is -1.35. The van der Waals surface area contributed by atoms with Crippen LogP contribution in [0.15, 0.2) is 24.4 Å². The van der Waals surface area contributed by atoms with Gasteiger partial charge < -0.3 is 5.32 Å². The molecule has 1 atom stereocenters. The number of hydrogen-bond donors (Lipinski definition) is 1. The molecule has 0 spiro atoms. The van der Waals surface area contributed by atoms with Gasteiger partial charge in [0, 0.05) is 24.2 Å². The highest BCUT2D eigenvalue weighted by atomic mass is 15.3. The van der Waals surface area contributed by atoms with Crippen LogP contribution >= 0.6 is 0 Å². The molecule has 1 unspecified atom stereocenters. The van der Waals surface area contributed by atoms with Crippen molar-refractivity contribution in [3.63, 3.8) is 0 Å². The van der Waals surface area contributed by atoms with E-state index in [4.69, 9.17) is 0 Å². The standard InChI is InChI=1S/C12H17N3/c1-4-15-8-11-10(9(2)13-3)6-5-7-12(11)14-15/h5-9,13H,4H2,1-3H3. The Morgan fingerprint density at radius 1 is 1.47 bits per heavy atom. The fourth-order valence-electron chi connectivity index (χ4n) is 1.81. The lowest BCUT2D eigenvalue weighted by Crippen LogP contribution is -2.12. The van der Waals surface area contributed by atoms with E-state index in [2.05, 4.69) is 48.7 Å². The molecule has 0 saturated heterocycles. The molecule has 1 aromatic heterocycles. The van der Waals surface area contributed by atoms with E-state index < -0.39 is 0 Å². The van der Waals surface area contributed by atoms with E-state index in [-0.39, 0.29) is 0 Å². The first-order chi connectivity index (χ1) is 7.26. The van der Waals surface area contributed by atoms with Gasteiger partial charge in [-0.1, -0.05) is 12.1 Å². The van der Waals surface area contributed by atoms with Crippen molar-refractivity contribution in [3.8, 4) is 0 Å². The Bertz CT molecular complexity index is 459. The average molecular weight is 203 g/mol. The number of aryl methyl sites for hydroxylation is 1. The quantitative estimate of drug-likeness (QED) is 0.829. The van der Waals surface area contributed by atoms with Gasteiger partial charge in [-0.05, 0) is 32.5 Å². The molecule has 0 aliphatic heterocycles. The van der Waals surface area contributed by atoms with Crippen LogP contribution in [0.1, 0.15) is 25.5 Å². The summed E-state index contributed by atoms with van der Waals surface area (Å²) in [5.74, 6) is 0. The molecule has 3 nitrogen and oxygen atoms in total. The predicted octanol–water partition coefficient (Wildman–Crippen LogP) is 2.34. The van der Waals surface area contributed by atoms with Gasteiger partial charge in [-0.25, -0.2) is 0 Å². The fraction of sp³-hybridized carbons (Fsp3) is 0.417. The number of rotatable bonds is 3. The molecule has 1 N–H and O–H groups in total. The molecule has 3 heteroatoms. The van der Waals surface area contributed by atoms with Crippen LogP contribution in [0.25, 0.3) is 10.9 Å². The van der Waals surface area contributed by atoms with Crippen LogP contribution in [0.5, 0.6) is 0 Å². The first-order valence-corrected chi connectivity index (χ1v) is 5.39. The smallest absolute Gasteiger partial charge is 0.0926 e. The van der Waals surface area contributed by atoms with Gasteiger partial charge in [-0.15, -0.1) is 0 Å². The average Bonchev–Trinajstić information content (AvgIpc) is 2.70. The minimum Gasteiger partial charge on any atom is -0.313 e. The summed E-state index contributed by atoms with van der Waals surface area (Å²) in [6.07, 6.45) is 2.12. The normalized spacial score (nSPS) is 13.3. The highest BCUT2D eigenvalue weighted by molar-refractivity contribution is 5.82. The molecule has 2 aromatic rings. The molecule has 0 radical (unpaired) electrons. The monoisotopic (exact) mass is 203 g/mol. The maximum absolute atomic E-state index is 4.50. The Morgan fingerprint density at radius 2 is 2.27 bits per heavy atom. The van der Waals surface area contributed by atoms with Crippen molar-refractivity contribution < 1.29 is 0 Å². The van der Waals surface area contributed by atoms with Crippen LogP contribution in [-0.2, 0) is 6.54 Å². The van der Waals surface area contributed by atoms with E-state index in [0.717, 1.165) is 12.1 Å². The van der Waals surface area contributed by atoms with Gasteiger partial charge in [0.1, 0.15) is 0 Å². The molecule has 0 bridgehead atoms. The third-order valence-electron chi connectivity index (χ3n) is 2.85. The third-order valence-corrected chi connectivity index (χ3v) is 2.85. The van der Waals surface area contributed by atoms with Gasteiger partial charge in [0.15, 0.2) is 0 Å². The Kier molecular flexibility index (Phi) is 2.73. The zero-order valence-electron chi connectivity index (χ0n) is 9.49. The first kappa shape index (κ1) is 10.2. The van der Waals surface area contributed by atoms with Crippen molar-refractivity contribution in [1.29, 1.82) is 0 Å². The fourth-order valence-corrected chi connectivity index (χ4v) is 1.81. The SMILES string of the molecule is CCn1cc2c(C(C)NC)cccc2n1. The molecular formula is C12H17N3. The van der Waals surface area contributed by atoms with Crippen molar-refractivity contribution in [2.75, 3.05) is 7.05 Å². The molecule has 0 fully saturated rings. The van der Waals surface area contributed by atoms with Gasteiger partial charge in [0.25, 0.3) is 0 Å². The van der Waals surface area contributed by atoms with E-state index >= 15 is 0 Å². The van der Waals surface area contributed by atoms with Gasteiger partial charge >= 0.3 is 0 Å². The van der Waals surface area contributed by atoms with Crippen molar-refractivity contribution in [3.05, 3.63) is 30.0 Å². The molecule has 80 valence electrons. The minimum atomic E-state index is 0.364. The van der Waals surface area contributed by atoms with Crippen LogP contribution in [0.4, 0.5) is 0 Å². The molecule has 15 heavy (non-hydrogen) atoms. The highest BCUT2D eigenvalue weighted by Gasteiger charge is 2.09. The van der Waals surface area contributed by atoms with E-state index in [1.165, 1.54) is 10.9 Å². The number of fused-ring (bicyclic) bond motifs is 1. The van der Waals surface area contributed by atoms with E-state index in [1.54, 1.807) is 0 Å². The Labute approximate surface area is 90.1 Å². The summed E-state index contributed by atoms with van der Waals surface area (Å²) in [6, 6.07) is 6.65. The lowest BCUT2D eigenvalue weighted by atomic mass is 10.0. The summed E-state index contributed by atoms with van der Waals surface area (Å²) in [7, 11) is 1.98. The number of nitrogens with one attached hydrogen (secondary N) is 1. The summed E-state index contributed by atoms with van der Waals surface area (Å²) in [6.45, 7) is 5.19. The number of hydrogen-bond acceptors (Lipinski definition) is 2. The maximum Gasteiger partial charge on any atom is 0.0926 e. The second-order valence-corrected chi connectivity index (χ2v) is 3.78. The van der Waals surface area contributed by atoms with E-state index in [1.807, 2.05) is 11.7 Å². The maximum atomic E-state index is 4.50. The molecule has 0 aliphatic carbocycles. The molecule has 0 saturated carbocycles. The molecule has 0 aliphatic rings. The van der Waals surface area contributed by atoms with Gasteiger partial charge in [-0.2, -0.15) is 5.10 Å². The molecule has 0 amide bonds. The Morgan fingerprint density at radius 3 is 2.93 bits per heavy atom. The van der Waals surface area contributed by atoms with Crippen LogP contribution in [0.3, 0.4) is 0 Å². The first-order valence-electron chi connectivity index (χ1n) is 5.39. The molecule has 1 aromatic carbocycles. The van der Waals surface area contributed by atoms with Crippen molar-refractivity contribution in [1.82, 2.24) is 15.1 Å². The van der Waals surface area contributed by atoms with E-state index in [0.29, 0.717) is 6.04 Å². The zero-order valence-corrected chi connectivity index (χ0v) is 9.49. The largest absolute Gasteiger partial charge is 0.313 e. The van der Waals surface area contributed by atoms with Crippen LogP contribution < -0.4 is 5.32 Å². The van der Waals surface area contributed by atoms with Crippen molar-refractivity contribution in [2.24, 2.45) is 0 Å². The third kappa shape index (κ3) is 1.75. The minimum absolute atomic E-state index is 0.364. The lowest BCUT2D eigenvalue weighted by Gasteiger charge is -2.10. The van der Waals surface area contributed by atoms with Crippen LogP contribution in [-0.4, -0.2) is 16.8 Å². The van der Waals surface area contributed by atoms with Gasteiger partial charge in [-0.3, -0.25) is 4.68 Å². The molecule has 2 rings (SSSR count). The summed E-state index contributed by atoms with van der Waals surface area (Å²) < 4.78 is 1.98. The van der Waals surface area contributed by atoms with Crippen LogP contribution in [0, 0.1) is 0 Å². The number of benzene rings is 1. The predicted molar refractivity (Wildman–Crippen MR) is 62.9 cm³/mol.